The topological polar surface area (TPSA) is 29.1 Å². The summed E-state index contributed by atoms with van der Waals surface area (Å²) in [6.07, 6.45) is 5.96. The molecule has 2 rings (SSSR count). The van der Waals surface area contributed by atoms with Crippen LogP contribution in [0, 0.1) is 0 Å². The van der Waals surface area contributed by atoms with E-state index in [0.717, 1.165) is 17.7 Å². The van der Waals surface area contributed by atoms with Gasteiger partial charge >= 0.3 is 0 Å². The Hall–Kier alpha value is -0.670. The van der Waals surface area contributed by atoms with E-state index in [1.165, 1.54) is 31.0 Å². The van der Waals surface area contributed by atoms with E-state index in [4.69, 9.17) is 11.6 Å². The molecular formula is C13H16ClNOS. The van der Waals surface area contributed by atoms with Crippen molar-refractivity contribution in [3.05, 3.63) is 29.3 Å². The molecule has 0 atom stereocenters. The molecule has 1 aliphatic rings. The molecule has 0 spiro atoms. The van der Waals surface area contributed by atoms with E-state index in [2.05, 4.69) is 5.32 Å². The van der Waals surface area contributed by atoms with Gasteiger partial charge in [-0.15, -0.1) is 0 Å². The smallest absolute Gasteiger partial charge is 0.284 e. The van der Waals surface area contributed by atoms with Gasteiger partial charge in [0.2, 0.25) is 0 Å². The van der Waals surface area contributed by atoms with E-state index < -0.39 is 0 Å². The summed E-state index contributed by atoms with van der Waals surface area (Å²) >= 11 is 7.19. The van der Waals surface area contributed by atoms with Gasteiger partial charge in [-0.05, 0) is 36.7 Å². The van der Waals surface area contributed by atoms with Gasteiger partial charge in [-0.1, -0.05) is 43.0 Å². The zero-order valence-corrected chi connectivity index (χ0v) is 11.2. The second-order valence-electron chi connectivity index (χ2n) is 4.30. The van der Waals surface area contributed by atoms with E-state index >= 15 is 0 Å². The highest BCUT2D eigenvalue weighted by Gasteiger charge is 2.16. The van der Waals surface area contributed by atoms with Gasteiger partial charge in [0.15, 0.2) is 0 Å². The fourth-order valence-corrected chi connectivity index (χ4v) is 3.06. The predicted molar refractivity (Wildman–Crippen MR) is 72.7 cm³/mol. The molecule has 1 saturated carbocycles. The molecule has 0 saturated heterocycles. The molecule has 1 fully saturated rings. The normalized spacial score (nSPS) is 16.8. The highest BCUT2D eigenvalue weighted by Crippen LogP contribution is 2.27. The summed E-state index contributed by atoms with van der Waals surface area (Å²) in [5.41, 5.74) is 0. The molecule has 92 valence electrons. The van der Waals surface area contributed by atoms with Gasteiger partial charge in [0, 0.05) is 10.9 Å². The average molecular weight is 270 g/mol. The molecule has 1 aromatic rings. The van der Waals surface area contributed by atoms with Crippen molar-refractivity contribution in [2.24, 2.45) is 0 Å². The number of amides is 1. The van der Waals surface area contributed by atoms with Gasteiger partial charge in [0.05, 0.1) is 5.02 Å². The molecule has 1 aromatic carbocycles. The van der Waals surface area contributed by atoms with Crippen LogP contribution in [0.3, 0.4) is 0 Å². The third kappa shape index (κ3) is 3.93. The quantitative estimate of drug-likeness (QED) is 0.803. The molecule has 1 aliphatic carbocycles. The van der Waals surface area contributed by atoms with Crippen LogP contribution in [0.25, 0.3) is 0 Å². The maximum Gasteiger partial charge on any atom is 0.284 e. The Labute approximate surface area is 111 Å². The minimum Gasteiger partial charge on any atom is -0.344 e. The Balaban J connectivity index is 1.86. The van der Waals surface area contributed by atoms with Crippen LogP contribution in [0.5, 0.6) is 0 Å². The first-order chi connectivity index (χ1) is 8.25. The third-order valence-corrected chi connectivity index (χ3v) is 4.29. The Bertz CT molecular complexity index is 391. The first kappa shape index (κ1) is 12.8. The molecule has 0 bridgehead atoms. The van der Waals surface area contributed by atoms with E-state index in [9.17, 15) is 4.79 Å². The molecule has 1 N–H and O–H groups in total. The summed E-state index contributed by atoms with van der Waals surface area (Å²) in [6.45, 7) is 0. The van der Waals surface area contributed by atoms with Gasteiger partial charge in [-0.3, -0.25) is 4.79 Å². The molecule has 0 heterocycles. The van der Waals surface area contributed by atoms with E-state index in [1.807, 2.05) is 18.2 Å². The molecule has 2 nitrogen and oxygen atoms in total. The number of rotatable bonds is 2. The summed E-state index contributed by atoms with van der Waals surface area (Å²) in [7, 11) is 0. The van der Waals surface area contributed by atoms with Crippen molar-refractivity contribution in [2.75, 3.05) is 0 Å². The lowest BCUT2D eigenvalue weighted by molar-refractivity contribution is 0.253. The van der Waals surface area contributed by atoms with E-state index in [-0.39, 0.29) is 5.24 Å². The van der Waals surface area contributed by atoms with Gasteiger partial charge in [-0.25, -0.2) is 0 Å². The number of halogens is 1. The highest BCUT2D eigenvalue weighted by molar-refractivity contribution is 8.13. The molecule has 1 amide bonds. The Morgan fingerprint density at radius 3 is 2.65 bits per heavy atom. The van der Waals surface area contributed by atoms with Crippen LogP contribution < -0.4 is 5.32 Å². The van der Waals surface area contributed by atoms with Crippen molar-refractivity contribution in [3.8, 4) is 0 Å². The van der Waals surface area contributed by atoms with Crippen molar-refractivity contribution in [1.29, 1.82) is 0 Å². The molecule has 0 radical (unpaired) electrons. The van der Waals surface area contributed by atoms with Crippen LogP contribution >= 0.6 is 23.4 Å². The molecule has 0 unspecified atom stereocenters. The zero-order valence-electron chi connectivity index (χ0n) is 9.62. The lowest BCUT2D eigenvalue weighted by atomic mass is 9.96. The van der Waals surface area contributed by atoms with Crippen molar-refractivity contribution in [3.63, 3.8) is 0 Å². The number of hydrogen-bond acceptors (Lipinski definition) is 2. The number of carbonyl (C=O) groups excluding carboxylic acids is 1. The van der Waals surface area contributed by atoms with Crippen molar-refractivity contribution >= 4 is 28.6 Å². The lowest BCUT2D eigenvalue weighted by Crippen LogP contribution is -2.33. The Morgan fingerprint density at radius 2 is 1.94 bits per heavy atom. The van der Waals surface area contributed by atoms with Crippen LogP contribution in [0.15, 0.2) is 29.2 Å². The van der Waals surface area contributed by atoms with Crippen LogP contribution in [0.1, 0.15) is 32.1 Å². The van der Waals surface area contributed by atoms with Crippen LogP contribution in [0.2, 0.25) is 5.02 Å². The summed E-state index contributed by atoms with van der Waals surface area (Å²) in [6, 6.07) is 7.78. The Morgan fingerprint density at radius 1 is 1.24 bits per heavy atom. The summed E-state index contributed by atoms with van der Waals surface area (Å²) in [4.78, 5) is 12.6. The molecular weight excluding hydrogens is 254 g/mol. The number of benzene rings is 1. The number of thioether (sulfide) groups is 1. The second kappa shape index (κ2) is 6.31. The van der Waals surface area contributed by atoms with Crippen LogP contribution in [-0.4, -0.2) is 11.3 Å². The number of carbonyl (C=O) groups is 1. The minimum absolute atomic E-state index is 0.00463. The van der Waals surface area contributed by atoms with Crippen LogP contribution in [0.4, 0.5) is 4.79 Å². The average Bonchev–Trinajstić information content (AvgIpc) is 2.33. The second-order valence-corrected chi connectivity index (χ2v) is 5.72. The standard InChI is InChI=1S/C13H16ClNOS/c14-11-8-4-5-9-12(11)17-13(16)15-10-6-2-1-3-7-10/h4-5,8-10H,1-3,6-7H2,(H,15,16). The van der Waals surface area contributed by atoms with E-state index in [0.29, 0.717) is 11.1 Å². The Kier molecular flexibility index (Phi) is 4.75. The van der Waals surface area contributed by atoms with Crippen molar-refractivity contribution < 1.29 is 4.79 Å². The van der Waals surface area contributed by atoms with Crippen molar-refractivity contribution in [2.45, 2.75) is 43.0 Å². The van der Waals surface area contributed by atoms with Gasteiger partial charge in [0.25, 0.3) is 5.24 Å². The molecule has 17 heavy (non-hydrogen) atoms. The predicted octanol–water partition coefficient (Wildman–Crippen LogP) is 4.47. The third-order valence-electron chi connectivity index (χ3n) is 2.97. The summed E-state index contributed by atoms with van der Waals surface area (Å²) in [5, 5.41) is 3.70. The number of nitrogens with one attached hydrogen (secondary N) is 1. The lowest BCUT2D eigenvalue weighted by Gasteiger charge is -2.22. The summed E-state index contributed by atoms with van der Waals surface area (Å²) < 4.78 is 0. The van der Waals surface area contributed by atoms with Gasteiger partial charge in [-0.2, -0.15) is 0 Å². The fourth-order valence-electron chi connectivity index (χ4n) is 2.07. The van der Waals surface area contributed by atoms with Crippen LogP contribution in [-0.2, 0) is 0 Å². The molecule has 4 heteroatoms. The number of hydrogen-bond donors (Lipinski definition) is 1. The monoisotopic (exact) mass is 269 g/mol. The first-order valence-corrected chi connectivity index (χ1v) is 7.18. The van der Waals surface area contributed by atoms with Gasteiger partial charge < -0.3 is 5.32 Å². The maximum absolute atomic E-state index is 11.8. The van der Waals surface area contributed by atoms with E-state index in [1.54, 1.807) is 6.07 Å². The molecule has 0 aliphatic heterocycles. The van der Waals surface area contributed by atoms with Crippen molar-refractivity contribution in [1.82, 2.24) is 5.32 Å². The maximum atomic E-state index is 11.8. The fraction of sp³-hybridized carbons (Fsp3) is 0.462. The molecule has 0 aromatic heterocycles. The minimum atomic E-state index is 0.00463. The first-order valence-electron chi connectivity index (χ1n) is 5.98. The van der Waals surface area contributed by atoms with Gasteiger partial charge in [0.1, 0.15) is 0 Å². The highest BCUT2D eigenvalue weighted by atomic mass is 35.5. The largest absolute Gasteiger partial charge is 0.344 e. The SMILES string of the molecule is O=C(NC1CCCCC1)Sc1ccccc1Cl. The summed E-state index contributed by atoms with van der Waals surface area (Å²) in [5.74, 6) is 0. The zero-order chi connectivity index (χ0) is 12.1.